The van der Waals surface area contributed by atoms with E-state index in [2.05, 4.69) is 5.32 Å². The van der Waals surface area contributed by atoms with Crippen molar-refractivity contribution in [2.75, 3.05) is 12.9 Å². The van der Waals surface area contributed by atoms with Crippen LogP contribution in [-0.2, 0) is 24.2 Å². The van der Waals surface area contributed by atoms with Gasteiger partial charge < -0.3 is 10.1 Å². The molecule has 1 heterocycles. The van der Waals surface area contributed by atoms with Gasteiger partial charge >= 0.3 is 5.97 Å². The maximum Gasteiger partial charge on any atom is 0.308 e. The molecule has 1 unspecified atom stereocenters. The summed E-state index contributed by atoms with van der Waals surface area (Å²) < 4.78 is 28.6. The molecule has 7 heteroatoms. The normalized spacial score (nSPS) is 32.1. The Hall–Kier alpha value is -1.11. The van der Waals surface area contributed by atoms with Gasteiger partial charge in [-0.05, 0) is 38.5 Å². The van der Waals surface area contributed by atoms with E-state index >= 15 is 0 Å². The van der Waals surface area contributed by atoms with Crippen LogP contribution >= 0.6 is 0 Å². The van der Waals surface area contributed by atoms with Crippen LogP contribution in [0.4, 0.5) is 0 Å². The lowest BCUT2D eigenvalue weighted by molar-refractivity contribution is -0.146. The summed E-state index contributed by atoms with van der Waals surface area (Å²) in [6.45, 7) is 0. The quantitative estimate of drug-likeness (QED) is 0.778. The average molecular weight is 317 g/mol. The zero-order valence-electron chi connectivity index (χ0n) is 12.3. The molecule has 21 heavy (non-hydrogen) atoms. The molecule has 120 valence electrons. The van der Waals surface area contributed by atoms with Gasteiger partial charge in [0.25, 0.3) is 0 Å². The van der Waals surface area contributed by atoms with E-state index in [1.807, 2.05) is 0 Å². The molecule has 0 aromatic heterocycles. The summed E-state index contributed by atoms with van der Waals surface area (Å²) in [7, 11) is -1.91. The molecule has 1 aliphatic heterocycles. The molecule has 6 nitrogen and oxygen atoms in total. The van der Waals surface area contributed by atoms with Crippen molar-refractivity contribution >= 4 is 21.7 Å². The minimum atomic E-state index is -3.29. The van der Waals surface area contributed by atoms with Crippen LogP contribution in [0.25, 0.3) is 0 Å². The summed E-state index contributed by atoms with van der Waals surface area (Å²) in [4.78, 5) is 23.6. The number of amides is 1. The molecule has 1 aliphatic carbocycles. The first-order valence-electron chi connectivity index (χ1n) is 7.54. The summed E-state index contributed by atoms with van der Waals surface area (Å²) >= 11 is 0. The van der Waals surface area contributed by atoms with Crippen LogP contribution in [-0.4, -0.2) is 44.4 Å². The van der Waals surface area contributed by atoms with E-state index in [1.165, 1.54) is 7.11 Å². The first-order chi connectivity index (χ1) is 9.94. The molecule has 2 aliphatic rings. The summed E-state index contributed by atoms with van der Waals surface area (Å²) in [5.74, 6) is -0.549. The van der Waals surface area contributed by atoms with Crippen LogP contribution in [0.2, 0.25) is 0 Å². The van der Waals surface area contributed by atoms with Crippen LogP contribution in [0.3, 0.4) is 0 Å². The highest BCUT2D eigenvalue weighted by molar-refractivity contribution is 7.92. The lowest BCUT2D eigenvalue weighted by Crippen LogP contribution is -2.47. The first-order valence-corrected chi connectivity index (χ1v) is 9.25. The third kappa shape index (κ3) is 3.96. The Balaban J connectivity index is 1.86. The molecule has 0 bridgehead atoms. The predicted octanol–water partition coefficient (Wildman–Crippen LogP) is 0.802. The van der Waals surface area contributed by atoms with Crippen LogP contribution in [0.5, 0.6) is 0 Å². The van der Waals surface area contributed by atoms with Crippen LogP contribution in [0.15, 0.2) is 0 Å². The molecule has 1 amide bonds. The van der Waals surface area contributed by atoms with Gasteiger partial charge in [-0.1, -0.05) is 6.42 Å². The number of ether oxygens (including phenoxy) is 1. The first kappa shape index (κ1) is 16.3. The second kappa shape index (κ2) is 6.77. The smallest absolute Gasteiger partial charge is 0.308 e. The number of esters is 1. The average Bonchev–Trinajstić information content (AvgIpc) is 2.46. The van der Waals surface area contributed by atoms with E-state index in [-0.39, 0.29) is 29.6 Å². The van der Waals surface area contributed by atoms with Crippen molar-refractivity contribution in [1.29, 1.82) is 0 Å². The van der Waals surface area contributed by atoms with E-state index in [4.69, 9.17) is 4.74 Å². The van der Waals surface area contributed by atoms with E-state index in [1.54, 1.807) is 0 Å². The second-order valence-corrected chi connectivity index (χ2v) is 8.23. The maximum absolute atomic E-state index is 12.2. The fourth-order valence-corrected chi connectivity index (χ4v) is 4.99. The van der Waals surface area contributed by atoms with Crippen LogP contribution < -0.4 is 5.32 Å². The maximum atomic E-state index is 12.2. The number of hydrogen-bond acceptors (Lipinski definition) is 5. The minimum absolute atomic E-state index is 0.0319. The SMILES string of the molecule is COC(=O)C1CCC(NC(=O)C2CCCCS2(=O)=O)CC1. The van der Waals surface area contributed by atoms with Crippen molar-refractivity contribution in [2.45, 2.75) is 56.2 Å². The molecule has 2 rings (SSSR count). The highest BCUT2D eigenvalue weighted by atomic mass is 32.2. The highest BCUT2D eigenvalue weighted by Crippen LogP contribution is 2.26. The number of carbonyl (C=O) groups is 2. The van der Waals surface area contributed by atoms with Crippen molar-refractivity contribution < 1.29 is 22.7 Å². The second-order valence-electron chi connectivity index (χ2n) is 5.93. The van der Waals surface area contributed by atoms with Gasteiger partial charge in [0.05, 0.1) is 18.8 Å². The third-order valence-corrected chi connectivity index (χ3v) is 6.65. The molecule has 1 N–H and O–H groups in total. The lowest BCUT2D eigenvalue weighted by atomic mass is 9.86. The molecule has 0 spiro atoms. The third-order valence-electron chi connectivity index (χ3n) is 4.48. The van der Waals surface area contributed by atoms with Gasteiger partial charge in [-0.3, -0.25) is 9.59 Å². The number of rotatable bonds is 3. The van der Waals surface area contributed by atoms with Gasteiger partial charge in [0.2, 0.25) is 5.91 Å². The van der Waals surface area contributed by atoms with E-state index in [0.717, 1.165) is 6.42 Å². The fraction of sp³-hybridized carbons (Fsp3) is 0.857. The summed E-state index contributed by atoms with van der Waals surface area (Å²) in [5, 5.41) is 1.97. The van der Waals surface area contributed by atoms with Crippen molar-refractivity contribution in [3.05, 3.63) is 0 Å². The van der Waals surface area contributed by atoms with Gasteiger partial charge in [-0.25, -0.2) is 8.42 Å². The molecule has 1 saturated heterocycles. The van der Waals surface area contributed by atoms with Gasteiger partial charge in [-0.15, -0.1) is 0 Å². The van der Waals surface area contributed by atoms with Crippen molar-refractivity contribution in [2.24, 2.45) is 5.92 Å². The zero-order chi connectivity index (χ0) is 15.5. The topological polar surface area (TPSA) is 89.5 Å². The summed E-state index contributed by atoms with van der Waals surface area (Å²) in [5.41, 5.74) is 0. The molecule has 0 aromatic rings. The Kier molecular flexibility index (Phi) is 5.24. The van der Waals surface area contributed by atoms with E-state index in [9.17, 15) is 18.0 Å². The van der Waals surface area contributed by atoms with E-state index in [0.29, 0.717) is 38.5 Å². The molecule has 2 fully saturated rings. The van der Waals surface area contributed by atoms with Crippen molar-refractivity contribution in [3.8, 4) is 0 Å². The highest BCUT2D eigenvalue weighted by Gasteiger charge is 2.36. The number of nitrogens with one attached hydrogen (secondary N) is 1. The van der Waals surface area contributed by atoms with Gasteiger partial charge in [0.1, 0.15) is 5.25 Å². The Morgan fingerprint density at radius 3 is 2.29 bits per heavy atom. The molecular formula is C14H23NO5S. The van der Waals surface area contributed by atoms with E-state index < -0.39 is 15.1 Å². The fourth-order valence-electron chi connectivity index (χ4n) is 3.18. The Bertz CT molecular complexity index is 493. The standard InChI is InChI=1S/C14H23NO5S/c1-20-14(17)10-5-7-11(8-6-10)15-13(16)12-4-2-3-9-21(12,18)19/h10-12H,2-9H2,1H3,(H,15,16). The number of methoxy groups -OCH3 is 1. The molecule has 1 saturated carbocycles. The Labute approximate surface area is 125 Å². The number of hydrogen-bond donors (Lipinski definition) is 1. The monoisotopic (exact) mass is 317 g/mol. The summed E-state index contributed by atoms with van der Waals surface area (Å²) in [6, 6.07) is -0.0319. The van der Waals surface area contributed by atoms with Gasteiger partial charge in [0.15, 0.2) is 9.84 Å². The Morgan fingerprint density at radius 1 is 1.05 bits per heavy atom. The van der Waals surface area contributed by atoms with Gasteiger partial charge in [0, 0.05) is 6.04 Å². The molecule has 0 aromatic carbocycles. The number of carbonyl (C=O) groups excluding carboxylic acids is 2. The van der Waals surface area contributed by atoms with Crippen molar-refractivity contribution in [1.82, 2.24) is 5.32 Å². The van der Waals surface area contributed by atoms with Gasteiger partial charge in [-0.2, -0.15) is 0 Å². The lowest BCUT2D eigenvalue weighted by Gasteiger charge is -2.29. The number of sulfone groups is 1. The minimum Gasteiger partial charge on any atom is -0.469 e. The largest absolute Gasteiger partial charge is 0.469 e. The van der Waals surface area contributed by atoms with Crippen molar-refractivity contribution in [3.63, 3.8) is 0 Å². The summed E-state index contributed by atoms with van der Waals surface area (Å²) in [6.07, 6.45) is 4.59. The molecule has 1 atom stereocenters. The molecular weight excluding hydrogens is 294 g/mol. The molecule has 0 radical (unpaired) electrons. The van der Waals surface area contributed by atoms with Crippen LogP contribution in [0, 0.1) is 5.92 Å². The Morgan fingerprint density at radius 2 is 1.71 bits per heavy atom. The van der Waals surface area contributed by atoms with Crippen LogP contribution in [0.1, 0.15) is 44.9 Å². The predicted molar refractivity (Wildman–Crippen MR) is 77.3 cm³/mol. The zero-order valence-corrected chi connectivity index (χ0v) is 13.2.